The third kappa shape index (κ3) is 1.78. The zero-order valence-corrected chi connectivity index (χ0v) is 11.7. The Morgan fingerprint density at radius 3 is 2.42 bits per heavy atom. The Kier molecular flexibility index (Phi) is 2.73. The smallest absolute Gasteiger partial charge is 0.137 e. The molecule has 1 atom stereocenters. The van der Waals surface area contributed by atoms with Crippen LogP contribution < -0.4 is 0 Å². The van der Waals surface area contributed by atoms with E-state index in [1.165, 1.54) is 32.1 Å². The maximum Gasteiger partial charge on any atom is 0.137 e. The van der Waals surface area contributed by atoms with Crippen molar-refractivity contribution in [1.29, 1.82) is 0 Å². The Morgan fingerprint density at radius 2 is 1.84 bits per heavy atom. The lowest BCUT2D eigenvalue weighted by Gasteiger charge is -2.55. The number of aliphatic hydroxyl groups is 1. The van der Waals surface area contributed by atoms with Gasteiger partial charge >= 0.3 is 0 Å². The van der Waals surface area contributed by atoms with Crippen LogP contribution in [0.25, 0.3) is 0 Å². The van der Waals surface area contributed by atoms with Crippen molar-refractivity contribution >= 4 is 0 Å². The average molecular weight is 260 g/mol. The molecule has 4 aliphatic carbocycles. The number of hydrogen-bond donors (Lipinski definition) is 1. The lowest BCUT2D eigenvalue weighted by molar-refractivity contribution is -0.0938. The highest BCUT2D eigenvalue weighted by Crippen LogP contribution is 2.59. The van der Waals surface area contributed by atoms with Gasteiger partial charge in [-0.3, -0.25) is 0 Å². The second-order valence-electron chi connectivity index (χ2n) is 7.02. The summed E-state index contributed by atoms with van der Waals surface area (Å²) < 4.78 is 2.11. The van der Waals surface area contributed by atoms with Crippen LogP contribution in [0, 0.1) is 29.6 Å². The third-order valence-corrected chi connectivity index (χ3v) is 6.02. The number of aromatic nitrogens is 2. The van der Waals surface area contributed by atoms with Crippen LogP contribution in [0.15, 0.2) is 12.4 Å². The molecule has 1 unspecified atom stereocenters. The Balaban J connectivity index is 1.62. The Labute approximate surface area is 115 Å². The van der Waals surface area contributed by atoms with Gasteiger partial charge in [0.05, 0.1) is 0 Å². The predicted octanol–water partition coefficient (Wildman–Crippen LogP) is 3.01. The van der Waals surface area contributed by atoms with E-state index in [2.05, 4.69) is 16.5 Å². The maximum atomic E-state index is 10.9. The van der Waals surface area contributed by atoms with Crippen molar-refractivity contribution in [3.8, 4) is 0 Å². The van der Waals surface area contributed by atoms with Gasteiger partial charge in [-0.05, 0) is 68.6 Å². The molecule has 1 heterocycles. The molecule has 4 saturated carbocycles. The van der Waals surface area contributed by atoms with Crippen molar-refractivity contribution in [2.75, 3.05) is 0 Å². The first-order chi connectivity index (χ1) is 9.26. The minimum Gasteiger partial charge on any atom is -0.385 e. The quantitative estimate of drug-likeness (QED) is 0.907. The highest BCUT2D eigenvalue weighted by molar-refractivity contribution is 5.06. The minimum absolute atomic E-state index is 0.343. The summed E-state index contributed by atoms with van der Waals surface area (Å²) >= 11 is 0. The summed E-state index contributed by atoms with van der Waals surface area (Å²) in [4.78, 5) is 4.43. The van der Waals surface area contributed by atoms with Gasteiger partial charge in [-0.15, -0.1) is 0 Å². The molecular formula is C16H24N2O. The fourth-order valence-corrected chi connectivity index (χ4v) is 5.51. The van der Waals surface area contributed by atoms with E-state index in [0.717, 1.165) is 36.0 Å². The molecule has 4 aliphatic rings. The van der Waals surface area contributed by atoms with Crippen LogP contribution in [0.5, 0.6) is 0 Å². The molecule has 0 spiro atoms. The van der Waals surface area contributed by atoms with E-state index in [1.54, 1.807) is 0 Å². The molecule has 1 aromatic heterocycles. The normalized spacial score (nSPS) is 41.7. The summed E-state index contributed by atoms with van der Waals surface area (Å²) in [6.07, 6.45) is 10.4. The first-order valence-electron chi connectivity index (χ1n) is 7.95. The molecule has 1 aromatic rings. The predicted molar refractivity (Wildman–Crippen MR) is 73.4 cm³/mol. The van der Waals surface area contributed by atoms with E-state index in [1.807, 2.05) is 12.4 Å². The number of aryl methyl sites for hydroxylation is 1. The molecule has 3 nitrogen and oxygen atoms in total. The van der Waals surface area contributed by atoms with Crippen LogP contribution in [0.1, 0.15) is 51.0 Å². The van der Waals surface area contributed by atoms with Crippen molar-refractivity contribution in [2.24, 2.45) is 29.6 Å². The topological polar surface area (TPSA) is 38.0 Å². The van der Waals surface area contributed by atoms with Gasteiger partial charge in [-0.1, -0.05) is 0 Å². The van der Waals surface area contributed by atoms with E-state index in [4.69, 9.17) is 0 Å². The van der Waals surface area contributed by atoms with Crippen LogP contribution in [-0.2, 0) is 6.54 Å². The Morgan fingerprint density at radius 1 is 1.21 bits per heavy atom. The number of rotatable bonds is 3. The zero-order chi connectivity index (χ0) is 13.0. The van der Waals surface area contributed by atoms with Crippen molar-refractivity contribution in [2.45, 2.75) is 51.7 Å². The molecule has 1 N–H and O–H groups in total. The maximum absolute atomic E-state index is 10.9. The number of imidazole rings is 1. The molecule has 0 aliphatic heterocycles. The van der Waals surface area contributed by atoms with Gasteiger partial charge < -0.3 is 9.67 Å². The fourth-order valence-electron chi connectivity index (χ4n) is 5.51. The van der Waals surface area contributed by atoms with E-state index in [0.29, 0.717) is 5.92 Å². The lowest BCUT2D eigenvalue weighted by Crippen LogP contribution is -2.47. The van der Waals surface area contributed by atoms with E-state index < -0.39 is 0 Å². The van der Waals surface area contributed by atoms with E-state index in [-0.39, 0.29) is 6.10 Å². The van der Waals surface area contributed by atoms with E-state index in [9.17, 15) is 5.11 Å². The third-order valence-electron chi connectivity index (χ3n) is 6.02. The Bertz CT molecular complexity index is 439. The Hall–Kier alpha value is -0.830. The van der Waals surface area contributed by atoms with Gasteiger partial charge in [0.2, 0.25) is 0 Å². The van der Waals surface area contributed by atoms with Crippen LogP contribution in [0.2, 0.25) is 0 Å². The molecule has 4 fully saturated rings. The first kappa shape index (κ1) is 12.0. The summed E-state index contributed by atoms with van der Waals surface area (Å²) in [5.74, 6) is 4.83. The van der Waals surface area contributed by atoms with Crippen LogP contribution in [0.3, 0.4) is 0 Å². The summed E-state index contributed by atoms with van der Waals surface area (Å²) in [5.41, 5.74) is 0. The molecule has 4 bridgehead atoms. The highest BCUT2D eigenvalue weighted by Gasteiger charge is 2.51. The molecule has 0 saturated heterocycles. The van der Waals surface area contributed by atoms with Gasteiger partial charge in [-0.25, -0.2) is 4.98 Å². The molecule has 5 rings (SSSR count). The monoisotopic (exact) mass is 260 g/mol. The second-order valence-corrected chi connectivity index (χ2v) is 7.02. The van der Waals surface area contributed by atoms with Crippen molar-refractivity contribution in [3.63, 3.8) is 0 Å². The second kappa shape index (κ2) is 4.34. The minimum atomic E-state index is -0.343. The standard InChI is InChI=1S/C16H24N2O/c1-2-18-4-3-17-16(18)15(19)14-12-6-10-5-11(8-12)9-13(14)7-10/h3-4,10-15,19H,2,5-9H2,1H3. The molecule has 104 valence electrons. The molecule has 19 heavy (non-hydrogen) atoms. The summed E-state index contributed by atoms with van der Waals surface area (Å²) in [6, 6.07) is 0. The summed E-state index contributed by atoms with van der Waals surface area (Å²) in [6.45, 7) is 3.02. The average Bonchev–Trinajstić information content (AvgIpc) is 2.85. The van der Waals surface area contributed by atoms with E-state index >= 15 is 0 Å². The van der Waals surface area contributed by atoms with Crippen LogP contribution in [-0.4, -0.2) is 14.7 Å². The first-order valence-corrected chi connectivity index (χ1v) is 7.95. The van der Waals surface area contributed by atoms with Crippen LogP contribution >= 0.6 is 0 Å². The summed E-state index contributed by atoms with van der Waals surface area (Å²) in [5, 5.41) is 10.9. The highest BCUT2D eigenvalue weighted by atomic mass is 16.3. The van der Waals surface area contributed by atoms with Gasteiger partial charge in [0, 0.05) is 18.9 Å². The number of hydrogen-bond acceptors (Lipinski definition) is 2. The van der Waals surface area contributed by atoms with Gasteiger partial charge in [0.25, 0.3) is 0 Å². The molecule has 0 amide bonds. The number of aliphatic hydroxyl groups excluding tert-OH is 1. The van der Waals surface area contributed by atoms with Crippen LogP contribution in [0.4, 0.5) is 0 Å². The summed E-state index contributed by atoms with van der Waals surface area (Å²) in [7, 11) is 0. The number of nitrogens with zero attached hydrogens (tertiary/aromatic N) is 2. The van der Waals surface area contributed by atoms with Crippen molar-refractivity contribution < 1.29 is 5.11 Å². The lowest BCUT2D eigenvalue weighted by atomic mass is 9.51. The fraction of sp³-hybridized carbons (Fsp3) is 0.812. The zero-order valence-electron chi connectivity index (χ0n) is 11.7. The van der Waals surface area contributed by atoms with Gasteiger partial charge in [-0.2, -0.15) is 0 Å². The molecule has 0 aromatic carbocycles. The van der Waals surface area contributed by atoms with Gasteiger partial charge in [0.15, 0.2) is 0 Å². The molecule has 3 heteroatoms. The van der Waals surface area contributed by atoms with Crippen molar-refractivity contribution in [3.05, 3.63) is 18.2 Å². The largest absolute Gasteiger partial charge is 0.385 e. The van der Waals surface area contributed by atoms with Gasteiger partial charge in [0.1, 0.15) is 11.9 Å². The van der Waals surface area contributed by atoms with Crippen molar-refractivity contribution in [1.82, 2.24) is 9.55 Å². The molecule has 0 radical (unpaired) electrons. The molecular weight excluding hydrogens is 236 g/mol. The SMILES string of the molecule is CCn1ccnc1C(O)C1C2CC3CC(C2)CC1C3.